The summed E-state index contributed by atoms with van der Waals surface area (Å²) in [5.41, 5.74) is 0. The summed E-state index contributed by atoms with van der Waals surface area (Å²) >= 11 is 0. The van der Waals surface area contributed by atoms with E-state index in [1.54, 1.807) is 6.08 Å². The summed E-state index contributed by atoms with van der Waals surface area (Å²) in [5.74, 6) is -0.0679. The topological polar surface area (TPSA) is 46.6 Å². The van der Waals surface area contributed by atoms with E-state index in [1.807, 2.05) is 0 Å². The minimum Gasteiger partial charge on any atom is -0.453 e. The number of ketones is 1. The average Bonchev–Trinajstić information content (AvgIpc) is 2.03. The maximum atomic E-state index is 10.8. The van der Waals surface area contributed by atoms with Crippen LogP contribution in [0.4, 0.5) is 4.79 Å². The van der Waals surface area contributed by atoms with Crippen LogP contribution >= 0.6 is 0 Å². The van der Waals surface area contributed by atoms with Crippen molar-refractivity contribution in [3.05, 3.63) is 12.2 Å². The van der Waals surface area contributed by atoms with Crippen molar-refractivity contribution in [1.82, 2.24) is 4.90 Å². The second-order valence-electron chi connectivity index (χ2n) is 2.22. The van der Waals surface area contributed by atoms with Crippen LogP contribution in [0.3, 0.4) is 0 Å². The summed E-state index contributed by atoms with van der Waals surface area (Å²) in [6, 6.07) is 0. The Hall–Kier alpha value is -1.32. The second-order valence-corrected chi connectivity index (χ2v) is 2.22. The van der Waals surface area contributed by atoms with Crippen molar-refractivity contribution in [2.75, 3.05) is 20.2 Å². The molecule has 0 radical (unpaired) electrons. The number of amides is 1. The number of rotatable bonds is 0. The van der Waals surface area contributed by atoms with Gasteiger partial charge in [-0.05, 0) is 6.08 Å². The van der Waals surface area contributed by atoms with Crippen molar-refractivity contribution in [2.24, 2.45) is 0 Å². The number of methoxy groups -OCH3 is 1. The zero-order valence-corrected chi connectivity index (χ0v) is 6.24. The Balaban J connectivity index is 2.56. The van der Waals surface area contributed by atoms with Gasteiger partial charge in [-0.1, -0.05) is 6.08 Å². The van der Waals surface area contributed by atoms with Crippen LogP contribution in [0, 0.1) is 0 Å². The van der Waals surface area contributed by atoms with E-state index < -0.39 is 6.09 Å². The first kappa shape index (κ1) is 7.78. The van der Waals surface area contributed by atoms with Gasteiger partial charge in [-0.2, -0.15) is 0 Å². The van der Waals surface area contributed by atoms with Gasteiger partial charge in [-0.25, -0.2) is 4.79 Å². The number of carbonyl (C=O) groups excluding carboxylic acids is 2. The maximum absolute atomic E-state index is 10.8. The lowest BCUT2D eigenvalue weighted by atomic mass is 10.2. The smallest absolute Gasteiger partial charge is 0.410 e. The van der Waals surface area contributed by atoms with Crippen LogP contribution in [0.15, 0.2) is 12.2 Å². The molecule has 11 heavy (non-hydrogen) atoms. The third-order valence-corrected chi connectivity index (χ3v) is 1.41. The van der Waals surface area contributed by atoms with Gasteiger partial charge in [0.25, 0.3) is 0 Å². The van der Waals surface area contributed by atoms with Gasteiger partial charge in [-0.15, -0.1) is 0 Å². The van der Waals surface area contributed by atoms with E-state index in [4.69, 9.17) is 0 Å². The first-order valence-corrected chi connectivity index (χ1v) is 3.26. The van der Waals surface area contributed by atoms with Crippen molar-refractivity contribution in [1.29, 1.82) is 0 Å². The Morgan fingerprint density at radius 2 is 2.45 bits per heavy atom. The normalized spacial score (nSPS) is 16.8. The number of hydrogen-bond donors (Lipinski definition) is 0. The molecule has 4 nitrogen and oxygen atoms in total. The van der Waals surface area contributed by atoms with Crippen molar-refractivity contribution in [2.45, 2.75) is 0 Å². The van der Waals surface area contributed by atoms with Crippen LogP contribution in [0.2, 0.25) is 0 Å². The zero-order valence-electron chi connectivity index (χ0n) is 6.24. The van der Waals surface area contributed by atoms with Crippen molar-refractivity contribution >= 4 is 11.9 Å². The van der Waals surface area contributed by atoms with Crippen molar-refractivity contribution in [3.63, 3.8) is 0 Å². The highest BCUT2D eigenvalue weighted by Gasteiger charge is 2.17. The minimum atomic E-state index is -0.456. The molecular weight excluding hydrogens is 146 g/mol. The van der Waals surface area contributed by atoms with Crippen LogP contribution in [0.5, 0.6) is 0 Å². The molecule has 0 unspecified atom stereocenters. The first-order valence-electron chi connectivity index (χ1n) is 3.26. The number of ether oxygens (including phenoxy) is 1. The predicted octanol–water partition coefficient (Wildman–Crippen LogP) is 0.194. The molecule has 0 aliphatic carbocycles. The van der Waals surface area contributed by atoms with Crippen molar-refractivity contribution < 1.29 is 14.3 Å². The Morgan fingerprint density at radius 3 is 3.00 bits per heavy atom. The molecule has 0 saturated heterocycles. The van der Waals surface area contributed by atoms with E-state index >= 15 is 0 Å². The van der Waals surface area contributed by atoms with Crippen LogP contribution < -0.4 is 0 Å². The van der Waals surface area contributed by atoms with Crippen LogP contribution in [-0.2, 0) is 9.53 Å². The van der Waals surface area contributed by atoms with Gasteiger partial charge in [0.05, 0.1) is 13.7 Å². The highest BCUT2D eigenvalue weighted by atomic mass is 16.5. The van der Waals surface area contributed by atoms with Gasteiger partial charge in [-0.3, -0.25) is 9.69 Å². The Morgan fingerprint density at radius 1 is 1.73 bits per heavy atom. The minimum absolute atomic E-state index is 0.0679. The van der Waals surface area contributed by atoms with Gasteiger partial charge in [0.15, 0.2) is 5.78 Å². The molecule has 60 valence electrons. The standard InChI is InChI=1S/C7H9NO3/c1-11-7(10)8-4-2-3-6(9)5-8/h2-3H,4-5H2,1H3. The molecule has 0 spiro atoms. The molecule has 0 aromatic heterocycles. The molecule has 0 fully saturated rings. The van der Waals surface area contributed by atoms with E-state index in [1.165, 1.54) is 18.1 Å². The van der Waals surface area contributed by atoms with E-state index in [0.717, 1.165) is 0 Å². The lowest BCUT2D eigenvalue weighted by Crippen LogP contribution is -2.37. The van der Waals surface area contributed by atoms with Gasteiger partial charge >= 0.3 is 6.09 Å². The third-order valence-electron chi connectivity index (χ3n) is 1.41. The van der Waals surface area contributed by atoms with Gasteiger partial charge in [0, 0.05) is 6.54 Å². The molecule has 0 atom stereocenters. The number of nitrogens with zero attached hydrogens (tertiary/aromatic N) is 1. The summed E-state index contributed by atoms with van der Waals surface area (Å²) < 4.78 is 4.44. The summed E-state index contributed by atoms with van der Waals surface area (Å²) in [7, 11) is 1.30. The average molecular weight is 155 g/mol. The third kappa shape index (κ3) is 1.80. The van der Waals surface area contributed by atoms with E-state index in [9.17, 15) is 9.59 Å². The largest absolute Gasteiger partial charge is 0.453 e. The van der Waals surface area contributed by atoms with Crippen LogP contribution in [0.1, 0.15) is 0 Å². The molecule has 0 bridgehead atoms. The second kappa shape index (κ2) is 3.18. The highest BCUT2D eigenvalue weighted by molar-refractivity contribution is 5.94. The number of carbonyl (C=O) groups is 2. The van der Waals surface area contributed by atoms with E-state index in [0.29, 0.717) is 6.54 Å². The molecule has 1 amide bonds. The molecular formula is C7H9NO3. The molecule has 1 aliphatic heterocycles. The zero-order chi connectivity index (χ0) is 8.27. The highest BCUT2D eigenvalue weighted by Crippen LogP contribution is 1.99. The van der Waals surface area contributed by atoms with Crippen LogP contribution in [0.25, 0.3) is 0 Å². The van der Waals surface area contributed by atoms with E-state index in [2.05, 4.69) is 4.74 Å². The van der Waals surface area contributed by atoms with Gasteiger partial charge < -0.3 is 4.74 Å². The fourth-order valence-electron chi connectivity index (χ4n) is 0.885. The van der Waals surface area contributed by atoms with Gasteiger partial charge in [0.2, 0.25) is 0 Å². The summed E-state index contributed by atoms with van der Waals surface area (Å²) in [6.07, 6.45) is 2.66. The maximum Gasteiger partial charge on any atom is 0.410 e. The summed E-state index contributed by atoms with van der Waals surface area (Å²) in [5, 5.41) is 0. The SMILES string of the molecule is COC(=O)N1CC=CC(=O)C1. The molecule has 0 aromatic carbocycles. The first-order chi connectivity index (χ1) is 5.24. The summed E-state index contributed by atoms with van der Waals surface area (Å²) in [6.45, 7) is 0.585. The van der Waals surface area contributed by atoms with E-state index in [-0.39, 0.29) is 12.3 Å². The van der Waals surface area contributed by atoms with Crippen molar-refractivity contribution in [3.8, 4) is 0 Å². The van der Waals surface area contributed by atoms with Crippen LogP contribution in [-0.4, -0.2) is 37.0 Å². The Labute approximate surface area is 64.4 Å². The Bertz CT molecular complexity index is 210. The molecule has 1 heterocycles. The lowest BCUT2D eigenvalue weighted by molar-refractivity contribution is -0.115. The molecule has 1 rings (SSSR count). The fraction of sp³-hybridized carbons (Fsp3) is 0.429. The number of hydrogen-bond acceptors (Lipinski definition) is 3. The Kier molecular flexibility index (Phi) is 2.25. The lowest BCUT2D eigenvalue weighted by Gasteiger charge is -2.20. The quantitative estimate of drug-likeness (QED) is 0.501. The monoisotopic (exact) mass is 155 g/mol. The fourth-order valence-corrected chi connectivity index (χ4v) is 0.885. The molecule has 0 N–H and O–H groups in total. The molecule has 0 aromatic rings. The summed E-state index contributed by atoms with van der Waals surface area (Å²) in [4.78, 5) is 22.9. The molecule has 1 aliphatic rings. The van der Waals surface area contributed by atoms with Gasteiger partial charge in [0.1, 0.15) is 0 Å². The molecule has 0 saturated carbocycles. The molecule has 4 heteroatoms. The predicted molar refractivity (Wildman–Crippen MR) is 38.1 cm³/mol.